The number of esters is 1. The summed E-state index contributed by atoms with van der Waals surface area (Å²) in [5.74, 6) is 0.934. The van der Waals surface area contributed by atoms with Gasteiger partial charge >= 0.3 is 5.97 Å². The van der Waals surface area contributed by atoms with E-state index in [1.807, 2.05) is 6.92 Å². The fourth-order valence-electron chi connectivity index (χ4n) is 3.28. The van der Waals surface area contributed by atoms with Crippen LogP contribution in [0.4, 0.5) is 0 Å². The van der Waals surface area contributed by atoms with Crippen LogP contribution in [0.2, 0.25) is 0 Å². The van der Waals surface area contributed by atoms with E-state index in [2.05, 4.69) is 5.32 Å². The van der Waals surface area contributed by atoms with E-state index in [0.29, 0.717) is 12.6 Å². The average molecular weight is 239 g/mol. The maximum Gasteiger partial charge on any atom is 0.310 e. The number of hydrogen-bond acceptors (Lipinski definition) is 3. The molecule has 0 aromatic heterocycles. The van der Waals surface area contributed by atoms with E-state index in [0.717, 1.165) is 25.3 Å². The summed E-state index contributed by atoms with van der Waals surface area (Å²) < 4.78 is 5.08. The molecular formula is C14H25NO2. The number of hydrogen-bond donors (Lipinski definition) is 1. The molecule has 2 aliphatic rings. The molecule has 0 aromatic rings. The zero-order chi connectivity index (χ0) is 12.1. The third-order valence-electron chi connectivity index (χ3n) is 4.29. The van der Waals surface area contributed by atoms with Crippen molar-refractivity contribution in [1.29, 1.82) is 0 Å². The fraction of sp³-hybridized carbons (Fsp3) is 0.929. The van der Waals surface area contributed by atoms with Crippen molar-refractivity contribution in [3.05, 3.63) is 0 Å². The second-order valence-corrected chi connectivity index (χ2v) is 5.44. The SMILES string of the molecule is CCOC(=O)C1CCC(C2CCCCC2)NC1. The van der Waals surface area contributed by atoms with Crippen LogP contribution in [0.25, 0.3) is 0 Å². The van der Waals surface area contributed by atoms with E-state index >= 15 is 0 Å². The van der Waals surface area contributed by atoms with Gasteiger partial charge in [0.15, 0.2) is 0 Å². The van der Waals surface area contributed by atoms with Gasteiger partial charge in [-0.3, -0.25) is 4.79 Å². The molecule has 1 aliphatic heterocycles. The Labute approximate surface area is 104 Å². The highest BCUT2D eigenvalue weighted by atomic mass is 16.5. The van der Waals surface area contributed by atoms with E-state index in [4.69, 9.17) is 4.74 Å². The number of carbonyl (C=O) groups is 1. The summed E-state index contributed by atoms with van der Waals surface area (Å²) in [5.41, 5.74) is 0. The number of carbonyl (C=O) groups excluding carboxylic acids is 1. The number of rotatable bonds is 3. The highest BCUT2D eigenvalue weighted by Gasteiger charge is 2.31. The Morgan fingerprint density at radius 3 is 2.53 bits per heavy atom. The molecule has 0 amide bonds. The van der Waals surface area contributed by atoms with Crippen LogP contribution in [0.1, 0.15) is 51.9 Å². The molecule has 1 N–H and O–H groups in total. The van der Waals surface area contributed by atoms with Gasteiger partial charge in [-0.15, -0.1) is 0 Å². The molecule has 3 nitrogen and oxygen atoms in total. The van der Waals surface area contributed by atoms with Crippen molar-refractivity contribution in [1.82, 2.24) is 5.32 Å². The van der Waals surface area contributed by atoms with Gasteiger partial charge in [0, 0.05) is 12.6 Å². The van der Waals surface area contributed by atoms with Crippen LogP contribution < -0.4 is 5.32 Å². The Bertz CT molecular complexity index is 241. The van der Waals surface area contributed by atoms with Crippen LogP contribution in [-0.4, -0.2) is 25.2 Å². The Balaban J connectivity index is 1.75. The summed E-state index contributed by atoms with van der Waals surface area (Å²) in [5, 5.41) is 3.58. The first kappa shape index (κ1) is 12.9. The predicted molar refractivity (Wildman–Crippen MR) is 67.7 cm³/mol. The van der Waals surface area contributed by atoms with Gasteiger partial charge in [0.05, 0.1) is 12.5 Å². The molecule has 1 saturated heterocycles. The molecular weight excluding hydrogens is 214 g/mol. The lowest BCUT2D eigenvalue weighted by Gasteiger charge is -2.36. The Hall–Kier alpha value is -0.570. The number of nitrogens with one attached hydrogen (secondary N) is 1. The first-order chi connectivity index (χ1) is 8.31. The molecule has 0 aromatic carbocycles. The fourth-order valence-corrected chi connectivity index (χ4v) is 3.28. The van der Waals surface area contributed by atoms with Gasteiger partial charge in [-0.1, -0.05) is 19.3 Å². The Kier molecular flexibility index (Phi) is 4.84. The summed E-state index contributed by atoms with van der Waals surface area (Å²) in [6.07, 6.45) is 9.10. The lowest BCUT2D eigenvalue weighted by molar-refractivity contribution is -0.148. The van der Waals surface area contributed by atoms with E-state index in [9.17, 15) is 4.79 Å². The van der Waals surface area contributed by atoms with Gasteiger partial charge in [-0.05, 0) is 38.5 Å². The van der Waals surface area contributed by atoms with Crippen molar-refractivity contribution in [2.24, 2.45) is 11.8 Å². The van der Waals surface area contributed by atoms with E-state index in [1.54, 1.807) is 0 Å². The lowest BCUT2D eigenvalue weighted by atomic mass is 9.79. The van der Waals surface area contributed by atoms with Crippen LogP contribution >= 0.6 is 0 Å². The van der Waals surface area contributed by atoms with Crippen LogP contribution in [0.15, 0.2) is 0 Å². The molecule has 2 rings (SSSR count). The second-order valence-electron chi connectivity index (χ2n) is 5.44. The van der Waals surface area contributed by atoms with Crippen molar-refractivity contribution in [2.45, 2.75) is 57.9 Å². The molecule has 2 unspecified atom stereocenters. The maximum atomic E-state index is 11.6. The molecule has 2 atom stereocenters. The van der Waals surface area contributed by atoms with Crippen LogP contribution in [0.5, 0.6) is 0 Å². The molecule has 1 saturated carbocycles. The van der Waals surface area contributed by atoms with Crippen molar-refractivity contribution in [3.8, 4) is 0 Å². The topological polar surface area (TPSA) is 38.3 Å². The van der Waals surface area contributed by atoms with Gasteiger partial charge in [0.25, 0.3) is 0 Å². The largest absolute Gasteiger partial charge is 0.466 e. The first-order valence-corrected chi connectivity index (χ1v) is 7.21. The van der Waals surface area contributed by atoms with E-state index in [-0.39, 0.29) is 11.9 Å². The molecule has 0 spiro atoms. The van der Waals surface area contributed by atoms with Crippen LogP contribution in [0.3, 0.4) is 0 Å². The Morgan fingerprint density at radius 2 is 1.94 bits per heavy atom. The standard InChI is InChI=1S/C14H25NO2/c1-2-17-14(16)12-8-9-13(15-10-12)11-6-4-3-5-7-11/h11-13,15H,2-10H2,1H3. The molecule has 1 heterocycles. The Morgan fingerprint density at radius 1 is 1.18 bits per heavy atom. The molecule has 17 heavy (non-hydrogen) atoms. The summed E-state index contributed by atoms with van der Waals surface area (Å²) in [7, 11) is 0. The third kappa shape index (κ3) is 3.44. The monoisotopic (exact) mass is 239 g/mol. The van der Waals surface area contributed by atoms with Gasteiger partial charge in [0.2, 0.25) is 0 Å². The quantitative estimate of drug-likeness (QED) is 0.769. The zero-order valence-corrected chi connectivity index (χ0v) is 10.9. The zero-order valence-electron chi connectivity index (χ0n) is 10.9. The van der Waals surface area contributed by atoms with Crippen molar-refractivity contribution < 1.29 is 9.53 Å². The molecule has 3 heteroatoms. The first-order valence-electron chi connectivity index (χ1n) is 7.21. The van der Waals surface area contributed by atoms with Gasteiger partial charge < -0.3 is 10.1 Å². The summed E-state index contributed by atoms with van der Waals surface area (Å²) in [4.78, 5) is 11.6. The summed E-state index contributed by atoms with van der Waals surface area (Å²) in [6.45, 7) is 3.19. The number of piperidine rings is 1. The smallest absolute Gasteiger partial charge is 0.310 e. The summed E-state index contributed by atoms with van der Waals surface area (Å²) >= 11 is 0. The minimum Gasteiger partial charge on any atom is -0.466 e. The average Bonchev–Trinajstić information content (AvgIpc) is 2.40. The molecule has 98 valence electrons. The van der Waals surface area contributed by atoms with Crippen molar-refractivity contribution >= 4 is 5.97 Å². The number of ether oxygens (including phenoxy) is 1. The maximum absolute atomic E-state index is 11.6. The van der Waals surface area contributed by atoms with E-state index < -0.39 is 0 Å². The second kappa shape index (κ2) is 6.39. The normalized spacial score (nSPS) is 31.1. The van der Waals surface area contributed by atoms with Crippen molar-refractivity contribution in [3.63, 3.8) is 0 Å². The van der Waals surface area contributed by atoms with Crippen molar-refractivity contribution in [2.75, 3.05) is 13.2 Å². The molecule has 0 radical (unpaired) electrons. The third-order valence-corrected chi connectivity index (χ3v) is 4.29. The minimum absolute atomic E-state index is 0.0119. The summed E-state index contributed by atoms with van der Waals surface area (Å²) in [6, 6.07) is 0.654. The van der Waals surface area contributed by atoms with Crippen LogP contribution in [0, 0.1) is 11.8 Å². The van der Waals surface area contributed by atoms with E-state index in [1.165, 1.54) is 32.1 Å². The van der Waals surface area contributed by atoms with Gasteiger partial charge in [0.1, 0.15) is 0 Å². The highest BCUT2D eigenvalue weighted by molar-refractivity contribution is 5.72. The van der Waals surface area contributed by atoms with Gasteiger partial charge in [-0.25, -0.2) is 0 Å². The lowest BCUT2D eigenvalue weighted by Crippen LogP contribution is -2.46. The highest BCUT2D eigenvalue weighted by Crippen LogP contribution is 2.30. The van der Waals surface area contributed by atoms with Crippen LogP contribution in [-0.2, 0) is 9.53 Å². The molecule has 1 aliphatic carbocycles. The molecule has 0 bridgehead atoms. The van der Waals surface area contributed by atoms with Gasteiger partial charge in [-0.2, -0.15) is 0 Å². The predicted octanol–water partition coefficient (Wildman–Crippen LogP) is 2.50. The minimum atomic E-state index is -0.0119. The molecule has 2 fully saturated rings.